The van der Waals surface area contributed by atoms with Crippen LogP contribution in [0.25, 0.3) is 12.2 Å². The van der Waals surface area contributed by atoms with Crippen molar-refractivity contribution in [3.8, 4) is 0 Å². The van der Waals surface area contributed by atoms with Gasteiger partial charge in [0.2, 0.25) is 0 Å². The van der Waals surface area contributed by atoms with Gasteiger partial charge in [-0.3, -0.25) is 4.21 Å². The summed E-state index contributed by atoms with van der Waals surface area (Å²) >= 11 is -2.17. The number of benzene rings is 2. The maximum absolute atomic E-state index is 10.8. The molecule has 4 heteroatoms. The molecule has 0 fully saturated rings. The van der Waals surface area contributed by atoms with Gasteiger partial charge in [-0.05, 0) is 60.3 Å². The maximum atomic E-state index is 10.8. The third kappa shape index (κ3) is 4.29. The predicted octanol–water partition coefficient (Wildman–Crippen LogP) is 3.94. The summed E-state index contributed by atoms with van der Waals surface area (Å²) in [4.78, 5) is 2.61. The van der Waals surface area contributed by atoms with Crippen LogP contribution in [0.5, 0.6) is 0 Å². The highest BCUT2D eigenvalue weighted by molar-refractivity contribution is 7.79. The number of rotatable bonds is 6. The van der Waals surface area contributed by atoms with Crippen molar-refractivity contribution in [2.24, 2.45) is 0 Å². The first-order valence-corrected chi connectivity index (χ1v) is 8.44. The standard InChI is InChI=1S/C18H21NO2S/c1-3-19(4-2)17-11-7-15(8-12-17)5-6-16-9-13-18(14-10-16)22(20)21/h5-14H,3-4H2,1-2H3,(H,20,21)/p-1/b6-5+. The Morgan fingerprint density at radius 1 is 0.909 bits per heavy atom. The molecule has 2 aromatic rings. The highest BCUT2D eigenvalue weighted by Crippen LogP contribution is 2.17. The van der Waals surface area contributed by atoms with E-state index in [2.05, 4.69) is 43.0 Å². The first-order valence-electron chi connectivity index (χ1n) is 7.36. The van der Waals surface area contributed by atoms with Gasteiger partial charge >= 0.3 is 0 Å². The van der Waals surface area contributed by atoms with E-state index >= 15 is 0 Å². The predicted molar refractivity (Wildman–Crippen MR) is 92.6 cm³/mol. The summed E-state index contributed by atoms with van der Waals surface area (Å²) < 4.78 is 21.6. The van der Waals surface area contributed by atoms with Crippen LogP contribution in [0.1, 0.15) is 25.0 Å². The van der Waals surface area contributed by atoms with Crippen molar-refractivity contribution in [2.45, 2.75) is 18.7 Å². The summed E-state index contributed by atoms with van der Waals surface area (Å²) in [5, 5.41) is 0. The van der Waals surface area contributed by atoms with Gasteiger partial charge in [0.1, 0.15) is 0 Å². The fourth-order valence-corrected chi connectivity index (χ4v) is 2.63. The Balaban J connectivity index is 2.08. The van der Waals surface area contributed by atoms with Gasteiger partial charge in [-0.1, -0.05) is 36.4 Å². The van der Waals surface area contributed by atoms with Crippen molar-refractivity contribution >= 4 is 28.9 Å². The molecule has 0 aromatic heterocycles. The molecule has 0 saturated carbocycles. The Hall–Kier alpha value is -1.91. The molecule has 1 unspecified atom stereocenters. The van der Waals surface area contributed by atoms with Crippen LogP contribution in [0.3, 0.4) is 0 Å². The van der Waals surface area contributed by atoms with E-state index in [1.165, 1.54) is 5.69 Å². The highest BCUT2D eigenvalue weighted by Gasteiger charge is 2.00. The zero-order chi connectivity index (χ0) is 15.9. The average molecular weight is 314 g/mol. The van der Waals surface area contributed by atoms with E-state index in [4.69, 9.17) is 0 Å². The summed E-state index contributed by atoms with van der Waals surface area (Å²) in [6, 6.07) is 15.2. The lowest BCUT2D eigenvalue weighted by Gasteiger charge is -2.20. The van der Waals surface area contributed by atoms with E-state index in [0.29, 0.717) is 4.90 Å². The molecular weight excluding hydrogens is 294 g/mol. The van der Waals surface area contributed by atoms with Gasteiger partial charge in [0.25, 0.3) is 0 Å². The largest absolute Gasteiger partial charge is 0.768 e. The fourth-order valence-electron chi connectivity index (χ4n) is 2.27. The van der Waals surface area contributed by atoms with Crippen LogP contribution in [-0.2, 0) is 11.1 Å². The van der Waals surface area contributed by atoms with Gasteiger partial charge in [-0.2, -0.15) is 0 Å². The van der Waals surface area contributed by atoms with Crippen molar-refractivity contribution in [2.75, 3.05) is 18.0 Å². The molecular formula is C18H20NO2S-. The van der Waals surface area contributed by atoms with E-state index in [1.807, 2.05) is 12.2 Å². The summed E-state index contributed by atoms with van der Waals surface area (Å²) in [6.45, 7) is 6.30. The Bertz CT molecular complexity index is 644. The van der Waals surface area contributed by atoms with Crippen LogP contribution in [0, 0.1) is 0 Å². The second-order valence-corrected chi connectivity index (χ2v) is 5.84. The Labute approximate surface area is 134 Å². The van der Waals surface area contributed by atoms with Gasteiger partial charge < -0.3 is 9.45 Å². The van der Waals surface area contributed by atoms with Crippen LogP contribution in [0.15, 0.2) is 53.4 Å². The number of nitrogens with zero attached hydrogens (tertiary/aromatic N) is 1. The van der Waals surface area contributed by atoms with Crippen LogP contribution in [0.4, 0.5) is 5.69 Å². The molecule has 2 rings (SSSR count). The maximum Gasteiger partial charge on any atom is 0.0366 e. The normalized spacial score (nSPS) is 12.5. The lowest BCUT2D eigenvalue weighted by molar-refractivity contribution is 0.537. The number of hydrogen-bond acceptors (Lipinski definition) is 3. The third-order valence-corrected chi connectivity index (χ3v) is 4.22. The molecule has 22 heavy (non-hydrogen) atoms. The molecule has 0 radical (unpaired) electrons. The molecule has 0 N–H and O–H groups in total. The molecule has 0 aliphatic carbocycles. The van der Waals surface area contributed by atoms with Crippen molar-refractivity contribution in [3.63, 3.8) is 0 Å². The molecule has 0 aliphatic heterocycles. The van der Waals surface area contributed by atoms with Crippen LogP contribution < -0.4 is 4.90 Å². The first kappa shape index (κ1) is 16.5. The number of anilines is 1. The van der Waals surface area contributed by atoms with Crippen molar-refractivity contribution < 1.29 is 8.76 Å². The molecule has 116 valence electrons. The molecule has 0 saturated heterocycles. The fraction of sp³-hybridized carbons (Fsp3) is 0.222. The molecule has 0 bridgehead atoms. The second kappa shape index (κ2) is 7.92. The zero-order valence-electron chi connectivity index (χ0n) is 12.9. The van der Waals surface area contributed by atoms with Gasteiger partial charge in [0.05, 0.1) is 0 Å². The van der Waals surface area contributed by atoms with E-state index in [0.717, 1.165) is 24.2 Å². The highest BCUT2D eigenvalue weighted by atomic mass is 32.2. The van der Waals surface area contributed by atoms with Crippen molar-refractivity contribution in [1.29, 1.82) is 0 Å². The van der Waals surface area contributed by atoms with Gasteiger partial charge in [0, 0.05) is 23.7 Å². The summed E-state index contributed by atoms with van der Waals surface area (Å²) in [5.74, 6) is 0. The zero-order valence-corrected chi connectivity index (χ0v) is 13.7. The van der Waals surface area contributed by atoms with E-state index in [1.54, 1.807) is 24.3 Å². The first-order chi connectivity index (χ1) is 10.6. The molecule has 0 spiro atoms. The van der Waals surface area contributed by atoms with Crippen molar-refractivity contribution in [1.82, 2.24) is 0 Å². The minimum absolute atomic E-state index is 0.306. The Morgan fingerprint density at radius 3 is 1.77 bits per heavy atom. The second-order valence-electron chi connectivity index (χ2n) is 4.90. The summed E-state index contributed by atoms with van der Waals surface area (Å²) in [5.41, 5.74) is 3.32. The third-order valence-electron chi connectivity index (χ3n) is 3.56. The lowest BCUT2D eigenvalue weighted by Crippen LogP contribution is -2.21. The smallest absolute Gasteiger partial charge is 0.0366 e. The van der Waals surface area contributed by atoms with Crippen LogP contribution in [-0.4, -0.2) is 21.9 Å². The number of hydrogen-bond donors (Lipinski definition) is 0. The molecule has 0 heterocycles. The Kier molecular flexibility index (Phi) is 5.92. The molecule has 2 aromatic carbocycles. The topological polar surface area (TPSA) is 43.4 Å². The van der Waals surface area contributed by atoms with E-state index in [-0.39, 0.29) is 0 Å². The average Bonchev–Trinajstić information content (AvgIpc) is 2.55. The Morgan fingerprint density at radius 2 is 1.36 bits per heavy atom. The lowest BCUT2D eigenvalue weighted by atomic mass is 10.1. The molecule has 0 amide bonds. The van der Waals surface area contributed by atoms with E-state index < -0.39 is 11.1 Å². The minimum atomic E-state index is -2.17. The van der Waals surface area contributed by atoms with E-state index in [9.17, 15) is 8.76 Å². The van der Waals surface area contributed by atoms with Gasteiger partial charge in [0.15, 0.2) is 0 Å². The molecule has 3 nitrogen and oxygen atoms in total. The summed E-state index contributed by atoms with van der Waals surface area (Å²) in [7, 11) is 0. The molecule has 1 atom stereocenters. The van der Waals surface area contributed by atoms with Crippen LogP contribution in [0.2, 0.25) is 0 Å². The monoisotopic (exact) mass is 314 g/mol. The van der Waals surface area contributed by atoms with Crippen molar-refractivity contribution in [3.05, 3.63) is 59.7 Å². The van der Waals surface area contributed by atoms with Gasteiger partial charge in [-0.15, -0.1) is 0 Å². The molecule has 0 aliphatic rings. The quantitative estimate of drug-likeness (QED) is 0.599. The minimum Gasteiger partial charge on any atom is -0.768 e. The SMILES string of the molecule is CCN(CC)c1ccc(/C=C/c2ccc(S(=O)[O-])cc2)cc1. The summed E-state index contributed by atoms with van der Waals surface area (Å²) in [6.07, 6.45) is 4.00. The van der Waals surface area contributed by atoms with Gasteiger partial charge in [-0.25, -0.2) is 0 Å². The van der Waals surface area contributed by atoms with Crippen LogP contribution >= 0.6 is 0 Å².